The normalized spacial score (nSPS) is 10.5. The van der Waals surface area contributed by atoms with E-state index in [1.54, 1.807) is 25.3 Å². The highest BCUT2D eigenvalue weighted by atomic mass is 32.1. The van der Waals surface area contributed by atoms with Crippen molar-refractivity contribution in [2.75, 3.05) is 12.4 Å². The topological polar surface area (TPSA) is 60.5 Å². The van der Waals surface area contributed by atoms with Crippen LogP contribution in [0.15, 0.2) is 72.8 Å². The summed E-state index contributed by atoms with van der Waals surface area (Å²) < 4.78 is 11.2. The van der Waals surface area contributed by atoms with Crippen molar-refractivity contribution in [3.8, 4) is 28.5 Å². The first-order valence-corrected chi connectivity index (χ1v) is 10.6. The van der Waals surface area contributed by atoms with Crippen LogP contribution in [0.5, 0.6) is 17.2 Å². The third kappa shape index (κ3) is 4.75. The van der Waals surface area contributed by atoms with Crippen LogP contribution in [0.4, 0.5) is 5.13 Å². The molecular formula is C25H22N2O3S. The Labute approximate surface area is 185 Å². The quantitative estimate of drug-likeness (QED) is 0.380. The van der Waals surface area contributed by atoms with Crippen molar-refractivity contribution in [2.45, 2.75) is 13.8 Å². The van der Waals surface area contributed by atoms with Crippen molar-refractivity contribution >= 4 is 22.4 Å². The lowest BCUT2D eigenvalue weighted by Crippen LogP contribution is -2.11. The SMILES string of the molecule is COc1ccc(-c2nc(NC(=O)c3cccc(Oc4ccccc4)c3)sc2C)cc1C. The van der Waals surface area contributed by atoms with Gasteiger partial charge in [-0.1, -0.05) is 24.3 Å². The Balaban J connectivity index is 1.51. The molecule has 0 atom stereocenters. The molecule has 31 heavy (non-hydrogen) atoms. The number of para-hydroxylation sites is 1. The number of methoxy groups -OCH3 is 1. The molecule has 0 bridgehead atoms. The second-order valence-corrected chi connectivity index (χ2v) is 8.21. The summed E-state index contributed by atoms with van der Waals surface area (Å²) in [5.74, 6) is 1.92. The van der Waals surface area contributed by atoms with Crippen LogP contribution in [0.1, 0.15) is 20.8 Å². The van der Waals surface area contributed by atoms with Crippen LogP contribution in [-0.2, 0) is 0 Å². The maximum atomic E-state index is 12.8. The first-order valence-electron chi connectivity index (χ1n) is 9.80. The average Bonchev–Trinajstić information content (AvgIpc) is 3.14. The summed E-state index contributed by atoms with van der Waals surface area (Å²) in [6, 6.07) is 22.5. The molecule has 0 aliphatic carbocycles. The standard InChI is InChI=1S/C25H22N2O3S/c1-16-14-18(12-13-22(16)29-3)23-17(2)31-25(26-23)27-24(28)19-8-7-11-21(15-19)30-20-9-5-4-6-10-20/h4-15H,1-3H3,(H,26,27,28). The van der Waals surface area contributed by atoms with Gasteiger partial charge in [0.1, 0.15) is 17.2 Å². The fourth-order valence-corrected chi connectivity index (χ4v) is 4.07. The van der Waals surface area contributed by atoms with Gasteiger partial charge in [0.25, 0.3) is 5.91 Å². The third-order valence-electron chi connectivity index (χ3n) is 4.76. The molecule has 3 aromatic carbocycles. The molecular weight excluding hydrogens is 408 g/mol. The van der Waals surface area contributed by atoms with Gasteiger partial charge in [-0.3, -0.25) is 10.1 Å². The highest BCUT2D eigenvalue weighted by Gasteiger charge is 2.15. The number of carbonyl (C=O) groups excluding carboxylic acids is 1. The number of thiazole rings is 1. The number of anilines is 1. The summed E-state index contributed by atoms with van der Waals surface area (Å²) in [5, 5.41) is 3.46. The molecule has 0 saturated heterocycles. The van der Waals surface area contributed by atoms with Crippen LogP contribution in [-0.4, -0.2) is 18.0 Å². The maximum absolute atomic E-state index is 12.8. The number of aryl methyl sites for hydroxylation is 2. The summed E-state index contributed by atoms with van der Waals surface area (Å²) in [4.78, 5) is 18.5. The van der Waals surface area contributed by atoms with E-state index < -0.39 is 0 Å². The maximum Gasteiger partial charge on any atom is 0.257 e. The van der Waals surface area contributed by atoms with Gasteiger partial charge in [0.05, 0.1) is 12.8 Å². The zero-order chi connectivity index (χ0) is 21.8. The van der Waals surface area contributed by atoms with Crippen LogP contribution < -0.4 is 14.8 Å². The number of nitrogens with one attached hydrogen (secondary N) is 1. The van der Waals surface area contributed by atoms with Crippen molar-refractivity contribution in [1.82, 2.24) is 4.98 Å². The van der Waals surface area contributed by atoms with Crippen LogP contribution in [0.25, 0.3) is 11.3 Å². The molecule has 1 amide bonds. The van der Waals surface area contributed by atoms with Crippen molar-refractivity contribution in [3.63, 3.8) is 0 Å². The van der Waals surface area contributed by atoms with E-state index in [-0.39, 0.29) is 5.91 Å². The van der Waals surface area contributed by atoms with E-state index in [4.69, 9.17) is 9.47 Å². The van der Waals surface area contributed by atoms with E-state index in [9.17, 15) is 4.79 Å². The second kappa shape index (κ2) is 9.02. The van der Waals surface area contributed by atoms with Crippen molar-refractivity contribution < 1.29 is 14.3 Å². The van der Waals surface area contributed by atoms with Gasteiger partial charge in [-0.05, 0) is 67.9 Å². The van der Waals surface area contributed by atoms with Crippen molar-refractivity contribution in [2.24, 2.45) is 0 Å². The van der Waals surface area contributed by atoms with Crippen molar-refractivity contribution in [3.05, 3.63) is 88.8 Å². The number of rotatable bonds is 6. The average molecular weight is 431 g/mol. The molecule has 0 unspecified atom stereocenters. The van der Waals surface area contributed by atoms with E-state index in [1.807, 2.05) is 68.4 Å². The number of benzene rings is 3. The van der Waals surface area contributed by atoms with Gasteiger partial charge in [0, 0.05) is 16.0 Å². The molecule has 0 aliphatic rings. The van der Waals surface area contributed by atoms with Gasteiger partial charge < -0.3 is 9.47 Å². The predicted octanol–water partition coefficient (Wildman–Crippen LogP) is 6.48. The first kappa shape index (κ1) is 20.6. The van der Waals surface area contributed by atoms with Crippen LogP contribution in [0, 0.1) is 13.8 Å². The Morgan fingerprint density at radius 3 is 2.45 bits per heavy atom. The minimum absolute atomic E-state index is 0.232. The predicted molar refractivity (Wildman–Crippen MR) is 124 cm³/mol. The lowest BCUT2D eigenvalue weighted by Gasteiger charge is -2.07. The summed E-state index contributed by atoms with van der Waals surface area (Å²) in [6.07, 6.45) is 0. The van der Waals surface area contributed by atoms with E-state index in [1.165, 1.54) is 11.3 Å². The van der Waals surface area contributed by atoms with Gasteiger partial charge >= 0.3 is 0 Å². The molecule has 0 aliphatic heterocycles. The van der Waals surface area contributed by atoms with E-state index in [0.717, 1.165) is 33.2 Å². The summed E-state index contributed by atoms with van der Waals surface area (Å²) in [6.45, 7) is 3.99. The Hall–Kier alpha value is -3.64. The molecule has 4 aromatic rings. The molecule has 0 radical (unpaired) electrons. The number of hydrogen-bond acceptors (Lipinski definition) is 5. The van der Waals surface area contributed by atoms with Gasteiger partial charge in [0.15, 0.2) is 5.13 Å². The Morgan fingerprint density at radius 1 is 0.935 bits per heavy atom. The number of amides is 1. The monoisotopic (exact) mass is 430 g/mol. The molecule has 4 rings (SSSR count). The molecule has 0 fully saturated rings. The molecule has 5 nitrogen and oxygen atoms in total. The molecule has 0 spiro atoms. The Kier molecular flexibility index (Phi) is 6.00. The van der Waals surface area contributed by atoms with E-state index in [2.05, 4.69) is 10.3 Å². The minimum Gasteiger partial charge on any atom is -0.496 e. The molecule has 6 heteroatoms. The Bertz CT molecular complexity index is 1220. The van der Waals surface area contributed by atoms with Gasteiger partial charge in [-0.2, -0.15) is 0 Å². The molecule has 156 valence electrons. The van der Waals surface area contributed by atoms with Crippen LogP contribution in [0.3, 0.4) is 0 Å². The molecule has 1 heterocycles. The largest absolute Gasteiger partial charge is 0.496 e. The summed E-state index contributed by atoms with van der Waals surface area (Å²) >= 11 is 1.45. The number of nitrogens with zero attached hydrogens (tertiary/aromatic N) is 1. The summed E-state index contributed by atoms with van der Waals surface area (Å²) in [5.41, 5.74) is 3.38. The molecule has 0 saturated carbocycles. The number of carbonyl (C=O) groups is 1. The third-order valence-corrected chi connectivity index (χ3v) is 5.65. The number of hydrogen-bond donors (Lipinski definition) is 1. The van der Waals surface area contributed by atoms with Crippen LogP contribution >= 0.6 is 11.3 Å². The number of aromatic nitrogens is 1. The lowest BCUT2D eigenvalue weighted by atomic mass is 10.1. The first-order chi connectivity index (χ1) is 15.0. The highest BCUT2D eigenvalue weighted by Crippen LogP contribution is 2.33. The Morgan fingerprint density at radius 2 is 1.71 bits per heavy atom. The fraction of sp³-hybridized carbons (Fsp3) is 0.120. The van der Waals surface area contributed by atoms with Crippen LogP contribution in [0.2, 0.25) is 0 Å². The van der Waals surface area contributed by atoms with Gasteiger partial charge in [-0.25, -0.2) is 4.98 Å². The van der Waals surface area contributed by atoms with E-state index >= 15 is 0 Å². The fourth-order valence-electron chi connectivity index (χ4n) is 3.24. The highest BCUT2D eigenvalue weighted by molar-refractivity contribution is 7.16. The van der Waals surface area contributed by atoms with Gasteiger partial charge in [-0.15, -0.1) is 11.3 Å². The lowest BCUT2D eigenvalue weighted by molar-refractivity contribution is 0.102. The van der Waals surface area contributed by atoms with Crippen molar-refractivity contribution in [1.29, 1.82) is 0 Å². The number of ether oxygens (including phenoxy) is 2. The minimum atomic E-state index is -0.232. The second-order valence-electron chi connectivity index (χ2n) is 7.01. The van der Waals surface area contributed by atoms with E-state index in [0.29, 0.717) is 16.4 Å². The smallest absolute Gasteiger partial charge is 0.257 e. The molecule has 1 N–H and O–H groups in total. The zero-order valence-electron chi connectivity index (χ0n) is 17.5. The van der Waals surface area contributed by atoms with Gasteiger partial charge in [0.2, 0.25) is 0 Å². The zero-order valence-corrected chi connectivity index (χ0v) is 18.3. The molecule has 1 aromatic heterocycles. The summed E-state index contributed by atoms with van der Waals surface area (Å²) in [7, 11) is 1.66.